The van der Waals surface area contributed by atoms with Gasteiger partial charge in [0, 0.05) is 43.1 Å². The fourth-order valence-electron chi connectivity index (χ4n) is 2.25. The Labute approximate surface area is 153 Å². The standard InChI is InChI=1S/C19H14F2N4O2/c20-16-2-1-15(8-17(16)21)25-19(27)14-7-13(10-23-11-14)18(26)24-9-12-3-5-22-6-4-12/h1-8,10-11H,9H2,(H,24,26)(H,25,27). The lowest BCUT2D eigenvalue weighted by atomic mass is 10.1. The minimum atomic E-state index is -1.07. The van der Waals surface area contributed by atoms with Gasteiger partial charge in [0.05, 0.1) is 11.1 Å². The van der Waals surface area contributed by atoms with Crippen LogP contribution >= 0.6 is 0 Å². The number of anilines is 1. The number of carbonyl (C=O) groups excluding carboxylic acids is 2. The van der Waals surface area contributed by atoms with E-state index in [2.05, 4.69) is 20.6 Å². The quantitative estimate of drug-likeness (QED) is 0.725. The van der Waals surface area contributed by atoms with E-state index < -0.39 is 23.4 Å². The Morgan fingerprint density at radius 3 is 2.26 bits per heavy atom. The summed E-state index contributed by atoms with van der Waals surface area (Å²) in [4.78, 5) is 32.3. The van der Waals surface area contributed by atoms with Crippen LogP contribution in [0.15, 0.2) is 61.2 Å². The van der Waals surface area contributed by atoms with Crippen LogP contribution in [0.5, 0.6) is 0 Å². The molecule has 2 amide bonds. The number of rotatable bonds is 5. The van der Waals surface area contributed by atoms with E-state index in [1.54, 1.807) is 24.5 Å². The number of benzene rings is 1. The lowest BCUT2D eigenvalue weighted by Crippen LogP contribution is -2.23. The van der Waals surface area contributed by atoms with Crippen LogP contribution in [-0.2, 0) is 6.54 Å². The van der Waals surface area contributed by atoms with Crippen molar-refractivity contribution >= 4 is 17.5 Å². The Morgan fingerprint density at radius 1 is 0.852 bits per heavy atom. The first-order valence-corrected chi connectivity index (χ1v) is 7.91. The topological polar surface area (TPSA) is 84.0 Å². The third-order valence-electron chi connectivity index (χ3n) is 3.64. The van der Waals surface area contributed by atoms with Gasteiger partial charge in [0.2, 0.25) is 0 Å². The molecule has 0 bridgehead atoms. The molecule has 2 N–H and O–H groups in total. The van der Waals surface area contributed by atoms with Gasteiger partial charge in [-0.25, -0.2) is 8.78 Å². The van der Waals surface area contributed by atoms with Crippen LogP contribution in [0.2, 0.25) is 0 Å². The van der Waals surface area contributed by atoms with E-state index in [1.807, 2.05) is 0 Å². The van der Waals surface area contributed by atoms with Crippen molar-refractivity contribution in [2.75, 3.05) is 5.32 Å². The highest BCUT2D eigenvalue weighted by atomic mass is 19.2. The average molecular weight is 368 g/mol. The number of nitrogens with one attached hydrogen (secondary N) is 2. The minimum absolute atomic E-state index is 0.0893. The Hall–Kier alpha value is -3.68. The van der Waals surface area contributed by atoms with E-state index in [1.165, 1.54) is 24.5 Å². The van der Waals surface area contributed by atoms with Gasteiger partial charge in [0.15, 0.2) is 11.6 Å². The molecular weight excluding hydrogens is 354 g/mol. The molecular formula is C19H14F2N4O2. The molecule has 2 aromatic heterocycles. The third-order valence-corrected chi connectivity index (χ3v) is 3.64. The predicted molar refractivity (Wildman–Crippen MR) is 94.0 cm³/mol. The summed E-state index contributed by atoms with van der Waals surface area (Å²) in [6.07, 6.45) is 5.84. The number of nitrogens with zero attached hydrogens (tertiary/aromatic N) is 2. The molecule has 3 aromatic rings. The molecule has 0 saturated heterocycles. The summed E-state index contributed by atoms with van der Waals surface area (Å²) >= 11 is 0. The molecule has 0 aliphatic carbocycles. The summed E-state index contributed by atoms with van der Waals surface area (Å²) in [5.41, 5.74) is 1.27. The molecule has 0 spiro atoms. The van der Waals surface area contributed by atoms with Crippen LogP contribution in [-0.4, -0.2) is 21.8 Å². The summed E-state index contributed by atoms with van der Waals surface area (Å²) in [7, 11) is 0. The van der Waals surface area contributed by atoms with Crippen molar-refractivity contribution in [3.05, 3.63) is 89.5 Å². The monoisotopic (exact) mass is 368 g/mol. The number of hydrogen-bond acceptors (Lipinski definition) is 4. The molecule has 0 unspecified atom stereocenters. The molecule has 0 saturated carbocycles. The lowest BCUT2D eigenvalue weighted by Gasteiger charge is -2.08. The molecule has 3 rings (SSSR count). The van der Waals surface area contributed by atoms with Crippen molar-refractivity contribution < 1.29 is 18.4 Å². The molecule has 0 atom stereocenters. The second-order valence-electron chi connectivity index (χ2n) is 5.58. The van der Waals surface area contributed by atoms with Gasteiger partial charge in [-0.2, -0.15) is 0 Å². The van der Waals surface area contributed by atoms with E-state index in [-0.39, 0.29) is 16.8 Å². The first kappa shape index (κ1) is 18.1. The maximum Gasteiger partial charge on any atom is 0.257 e. The van der Waals surface area contributed by atoms with Gasteiger partial charge in [-0.1, -0.05) is 0 Å². The lowest BCUT2D eigenvalue weighted by molar-refractivity contribution is 0.0950. The normalized spacial score (nSPS) is 10.3. The van der Waals surface area contributed by atoms with E-state index in [0.717, 1.165) is 17.7 Å². The maximum absolute atomic E-state index is 13.2. The van der Waals surface area contributed by atoms with Crippen molar-refractivity contribution in [1.82, 2.24) is 15.3 Å². The van der Waals surface area contributed by atoms with Gasteiger partial charge in [-0.3, -0.25) is 19.6 Å². The molecule has 27 heavy (non-hydrogen) atoms. The van der Waals surface area contributed by atoms with Gasteiger partial charge in [-0.05, 0) is 35.9 Å². The fraction of sp³-hybridized carbons (Fsp3) is 0.0526. The molecule has 136 valence electrons. The van der Waals surface area contributed by atoms with Crippen LogP contribution in [0.3, 0.4) is 0 Å². The van der Waals surface area contributed by atoms with Crippen molar-refractivity contribution in [1.29, 1.82) is 0 Å². The van der Waals surface area contributed by atoms with E-state index in [4.69, 9.17) is 0 Å². The van der Waals surface area contributed by atoms with Crippen LogP contribution in [0.4, 0.5) is 14.5 Å². The molecule has 0 radical (unpaired) electrons. The summed E-state index contributed by atoms with van der Waals surface area (Å²) in [5, 5.41) is 5.14. The van der Waals surface area contributed by atoms with Gasteiger partial charge < -0.3 is 10.6 Å². The van der Waals surface area contributed by atoms with Gasteiger partial charge in [-0.15, -0.1) is 0 Å². The molecule has 0 fully saturated rings. The number of amides is 2. The highest BCUT2D eigenvalue weighted by Gasteiger charge is 2.12. The molecule has 2 heterocycles. The number of halogens is 2. The zero-order chi connectivity index (χ0) is 19.2. The van der Waals surface area contributed by atoms with E-state index in [0.29, 0.717) is 6.54 Å². The molecule has 8 heteroatoms. The minimum Gasteiger partial charge on any atom is -0.348 e. The van der Waals surface area contributed by atoms with Gasteiger partial charge >= 0.3 is 0 Å². The van der Waals surface area contributed by atoms with Crippen LogP contribution < -0.4 is 10.6 Å². The number of aromatic nitrogens is 2. The van der Waals surface area contributed by atoms with Crippen LogP contribution in [0, 0.1) is 11.6 Å². The van der Waals surface area contributed by atoms with Crippen molar-refractivity contribution in [2.24, 2.45) is 0 Å². The van der Waals surface area contributed by atoms with E-state index >= 15 is 0 Å². The fourth-order valence-corrected chi connectivity index (χ4v) is 2.25. The number of carbonyl (C=O) groups is 2. The highest BCUT2D eigenvalue weighted by molar-refractivity contribution is 6.05. The zero-order valence-corrected chi connectivity index (χ0v) is 13.9. The van der Waals surface area contributed by atoms with Gasteiger partial charge in [0.1, 0.15) is 0 Å². The Morgan fingerprint density at radius 2 is 1.56 bits per heavy atom. The molecule has 1 aromatic carbocycles. The van der Waals surface area contributed by atoms with Crippen molar-refractivity contribution in [3.8, 4) is 0 Å². The van der Waals surface area contributed by atoms with Crippen LogP contribution in [0.1, 0.15) is 26.3 Å². The molecule has 0 aliphatic heterocycles. The second kappa shape index (κ2) is 8.13. The van der Waals surface area contributed by atoms with Crippen molar-refractivity contribution in [2.45, 2.75) is 6.54 Å². The Bertz CT molecular complexity index is 980. The molecule has 0 aliphatic rings. The molecule has 6 nitrogen and oxygen atoms in total. The highest BCUT2D eigenvalue weighted by Crippen LogP contribution is 2.14. The Balaban J connectivity index is 1.67. The summed E-state index contributed by atoms with van der Waals surface area (Å²) < 4.78 is 26.2. The first-order valence-electron chi connectivity index (χ1n) is 7.91. The SMILES string of the molecule is O=C(NCc1ccncc1)c1cncc(C(=O)Nc2ccc(F)c(F)c2)c1. The largest absolute Gasteiger partial charge is 0.348 e. The first-order chi connectivity index (χ1) is 13.0. The van der Waals surface area contributed by atoms with Gasteiger partial charge in [0.25, 0.3) is 11.8 Å². The number of pyridine rings is 2. The van der Waals surface area contributed by atoms with E-state index in [9.17, 15) is 18.4 Å². The number of hydrogen-bond donors (Lipinski definition) is 2. The summed E-state index contributed by atoms with van der Waals surface area (Å²) in [6, 6.07) is 7.91. The third kappa shape index (κ3) is 4.69. The second-order valence-corrected chi connectivity index (χ2v) is 5.58. The predicted octanol–water partition coefficient (Wildman–Crippen LogP) is 2.94. The smallest absolute Gasteiger partial charge is 0.257 e. The van der Waals surface area contributed by atoms with Crippen LogP contribution in [0.25, 0.3) is 0 Å². The summed E-state index contributed by atoms with van der Waals surface area (Å²) in [5.74, 6) is -3.09. The average Bonchev–Trinajstić information content (AvgIpc) is 2.70. The Kier molecular flexibility index (Phi) is 5.46. The maximum atomic E-state index is 13.2. The summed E-state index contributed by atoms with van der Waals surface area (Å²) in [6.45, 7) is 0.298. The zero-order valence-electron chi connectivity index (χ0n) is 13.9. The van der Waals surface area contributed by atoms with Crippen molar-refractivity contribution in [3.63, 3.8) is 0 Å².